The second-order valence-electron chi connectivity index (χ2n) is 8.05. The highest BCUT2D eigenvalue weighted by Crippen LogP contribution is 2.44. The number of anilines is 1. The van der Waals surface area contributed by atoms with Crippen LogP contribution >= 0.6 is 22.6 Å². The Morgan fingerprint density at radius 3 is 2.24 bits per heavy atom. The number of amides is 2. The van der Waals surface area contributed by atoms with E-state index in [1.165, 1.54) is 4.90 Å². The van der Waals surface area contributed by atoms with Crippen LogP contribution in [0.2, 0.25) is 0 Å². The summed E-state index contributed by atoms with van der Waals surface area (Å²) in [6.45, 7) is 0.280. The summed E-state index contributed by atoms with van der Waals surface area (Å²) in [4.78, 5) is 37.4. The van der Waals surface area contributed by atoms with Gasteiger partial charge in [0.2, 0.25) is 0 Å². The van der Waals surface area contributed by atoms with E-state index >= 15 is 0 Å². The SMILES string of the molecule is CN(CCC(=O)O)C(=O)c1cc(I)cc(NC(=O)OCC2c3ccccc3-c3ccccc32)c1. The van der Waals surface area contributed by atoms with Gasteiger partial charge in [-0.05, 0) is 63.0 Å². The fourth-order valence-electron chi connectivity index (χ4n) is 4.12. The van der Waals surface area contributed by atoms with Crippen molar-refractivity contribution in [3.8, 4) is 11.1 Å². The Labute approximate surface area is 210 Å². The predicted molar refractivity (Wildman–Crippen MR) is 137 cm³/mol. The van der Waals surface area contributed by atoms with Gasteiger partial charge in [-0.25, -0.2) is 4.79 Å². The van der Waals surface area contributed by atoms with Gasteiger partial charge in [0.1, 0.15) is 6.61 Å². The van der Waals surface area contributed by atoms with E-state index in [9.17, 15) is 14.4 Å². The lowest BCUT2D eigenvalue weighted by molar-refractivity contribution is -0.137. The first kappa shape index (κ1) is 23.7. The van der Waals surface area contributed by atoms with Gasteiger partial charge >= 0.3 is 12.1 Å². The minimum absolute atomic E-state index is 0.0471. The van der Waals surface area contributed by atoms with Crippen LogP contribution < -0.4 is 5.32 Å². The van der Waals surface area contributed by atoms with E-state index in [0.717, 1.165) is 25.8 Å². The molecule has 0 fully saturated rings. The van der Waals surface area contributed by atoms with Crippen LogP contribution in [0.4, 0.5) is 10.5 Å². The quantitative estimate of drug-likeness (QED) is 0.381. The van der Waals surface area contributed by atoms with Crippen LogP contribution in [-0.2, 0) is 9.53 Å². The summed E-state index contributed by atoms with van der Waals surface area (Å²) in [7, 11) is 1.55. The number of nitrogens with zero attached hydrogens (tertiary/aromatic N) is 1. The van der Waals surface area contributed by atoms with E-state index in [1.807, 2.05) is 24.3 Å². The number of hydrogen-bond acceptors (Lipinski definition) is 4. The second kappa shape index (κ2) is 10.3. The average molecular weight is 570 g/mol. The molecular weight excluding hydrogens is 547 g/mol. The molecule has 3 aromatic carbocycles. The van der Waals surface area contributed by atoms with Crippen LogP contribution in [0.3, 0.4) is 0 Å². The van der Waals surface area contributed by atoms with Gasteiger partial charge in [-0.2, -0.15) is 0 Å². The van der Waals surface area contributed by atoms with Crippen LogP contribution in [-0.4, -0.2) is 48.2 Å². The molecule has 0 unspecified atom stereocenters. The molecule has 3 aromatic rings. The third kappa shape index (κ3) is 5.22. The maximum atomic E-state index is 12.7. The van der Waals surface area contributed by atoms with Crippen LogP contribution in [0.1, 0.15) is 33.8 Å². The Hall–Kier alpha value is -3.40. The number of rotatable bonds is 7. The molecule has 0 saturated heterocycles. The molecule has 2 amide bonds. The molecule has 8 heteroatoms. The summed E-state index contributed by atoms with van der Waals surface area (Å²) in [6, 6.07) is 21.2. The number of halogens is 1. The largest absolute Gasteiger partial charge is 0.481 e. The summed E-state index contributed by atoms with van der Waals surface area (Å²) in [6.07, 6.45) is -0.752. The summed E-state index contributed by atoms with van der Waals surface area (Å²) in [5.41, 5.74) is 5.35. The molecule has 0 saturated carbocycles. The van der Waals surface area contributed by atoms with Gasteiger partial charge in [0.25, 0.3) is 5.91 Å². The Kier molecular flexibility index (Phi) is 7.16. The maximum absolute atomic E-state index is 12.7. The highest BCUT2D eigenvalue weighted by Gasteiger charge is 2.29. The average Bonchev–Trinajstić information content (AvgIpc) is 3.14. The number of fused-ring (bicyclic) bond motifs is 3. The molecule has 0 bridgehead atoms. The summed E-state index contributed by atoms with van der Waals surface area (Å²) < 4.78 is 6.34. The first-order valence-corrected chi connectivity index (χ1v) is 11.8. The molecule has 1 aliphatic rings. The van der Waals surface area contributed by atoms with E-state index in [1.54, 1.807) is 25.2 Å². The van der Waals surface area contributed by atoms with Crippen LogP contribution in [0, 0.1) is 3.57 Å². The molecule has 7 nitrogen and oxygen atoms in total. The van der Waals surface area contributed by atoms with Gasteiger partial charge in [0.05, 0.1) is 6.42 Å². The monoisotopic (exact) mass is 570 g/mol. The zero-order valence-electron chi connectivity index (χ0n) is 18.5. The van der Waals surface area contributed by atoms with Gasteiger partial charge in [-0.1, -0.05) is 48.5 Å². The van der Waals surface area contributed by atoms with E-state index in [-0.39, 0.29) is 31.4 Å². The smallest absolute Gasteiger partial charge is 0.411 e. The van der Waals surface area contributed by atoms with Crippen LogP contribution in [0.15, 0.2) is 66.7 Å². The topological polar surface area (TPSA) is 95.9 Å². The van der Waals surface area contributed by atoms with E-state index in [2.05, 4.69) is 52.2 Å². The molecule has 0 spiro atoms. The van der Waals surface area contributed by atoms with Crippen molar-refractivity contribution < 1.29 is 24.2 Å². The number of nitrogens with one attached hydrogen (secondary N) is 1. The van der Waals surface area contributed by atoms with Crippen LogP contribution in [0.5, 0.6) is 0 Å². The minimum Gasteiger partial charge on any atom is -0.481 e. The van der Waals surface area contributed by atoms with Crippen molar-refractivity contribution in [2.45, 2.75) is 12.3 Å². The third-order valence-electron chi connectivity index (χ3n) is 5.74. The normalized spacial score (nSPS) is 11.9. The highest BCUT2D eigenvalue weighted by molar-refractivity contribution is 14.1. The second-order valence-corrected chi connectivity index (χ2v) is 9.30. The van der Waals surface area contributed by atoms with Crippen molar-refractivity contribution in [1.29, 1.82) is 0 Å². The Balaban J connectivity index is 1.43. The summed E-state index contributed by atoms with van der Waals surface area (Å²) in [5.74, 6) is -1.34. The van der Waals surface area contributed by atoms with E-state index in [4.69, 9.17) is 9.84 Å². The van der Waals surface area contributed by atoms with Crippen molar-refractivity contribution in [3.05, 3.63) is 87.0 Å². The highest BCUT2D eigenvalue weighted by atomic mass is 127. The molecule has 0 radical (unpaired) electrons. The molecule has 0 atom stereocenters. The van der Waals surface area contributed by atoms with Gasteiger partial charge < -0.3 is 14.7 Å². The molecule has 34 heavy (non-hydrogen) atoms. The zero-order valence-corrected chi connectivity index (χ0v) is 20.6. The fraction of sp³-hybridized carbons (Fsp3) is 0.192. The summed E-state index contributed by atoms with van der Waals surface area (Å²) >= 11 is 2.06. The number of aliphatic carboxylic acids is 1. The van der Waals surface area contributed by atoms with Crippen molar-refractivity contribution in [3.63, 3.8) is 0 Å². The van der Waals surface area contributed by atoms with Crippen molar-refractivity contribution in [2.24, 2.45) is 0 Å². The number of hydrogen-bond donors (Lipinski definition) is 2. The standard InChI is InChI=1S/C26H23IN2O5/c1-29(11-10-24(30)31)25(32)16-12-17(27)14-18(13-16)28-26(33)34-15-23-21-8-4-2-6-19(21)20-7-3-5-9-22(20)23/h2-9,12-14,23H,10-11,15H2,1H3,(H,28,33)(H,30,31). The zero-order chi connectivity index (χ0) is 24.2. The third-order valence-corrected chi connectivity index (χ3v) is 6.37. The number of benzene rings is 3. The van der Waals surface area contributed by atoms with Gasteiger partial charge in [0, 0.05) is 34.3 Å². The molecule has 0 heterocycles. The minimum atomic E-state index is -0.972. The van der Waals surface area contributed by atoms with E-state index in [0.29, 0.717) is 11.3 Å². The molecule has 4 rings (SSSR count). The molecule has 2 N–H and O–H groups in total. The Morgan fingerprint density at radius 2 is 1.62 bits per heavy atom. The lowest BCUT2D eigenvalue weighted by Gasteiger charge is -2.17. The Morgan fingerprint density at radius 1 is 1.00 bits per heavy atom. The van der Waals surface area contributed by atoms with Crippen LogP contribution in [0.25, 0.3) is 11.1 Å². The van der Waals surface area contributed by atoms with Gasteiger partial charge in [-0.3, -0.25) is 14.9 Å². The maximum Gasteiger partial charge on any atom is 0.411 e. The number of carbonyl (C=O) groups excluding carboxylic acids is 2. The first-order chi connectivity index (χ1) is 16.3. The molecular formula is C26H23IN2O5. The van der Waals surface area contributed by atoms with Crippen molar-refractivity contribution in [2.75, 3.05) is 25.5 Å². The summed E-state index contributed by atoms with van der Waals surface area (Å²) in [5, 5.41) is 11.5. The Bertz CT molecular complexity index is 1210. The van der Waals surface area contributed by atoms with Crippen molar-refractivity contribution >= 4 is 46.2 Å². The lowest BCUT2D eigenvalue weighted by Crippen LogP contribution is -2.29. The van der Waals surface area contributed by atoms with E-state index < -0.39 is 12.1 Å². The molecule has 0 aromatic heterocycles. The number of carbonyl (C=O) groups is 3. The first-order valence-electron chi connectivity index (χ1n) is 10.7. The van der Waals surface area contributed by atoms with Gasteiger partial charge in [0.15, 0.2) is 0 Å². The molecule has 1 aliphatic carbocycles. The molecule has 174 valence electrons. The van der Waals surface area contributed by atoms with Gasteiger partial charge in [-0.15, -0.1) is 0 Å². The number of carboxylic acids is 1. The number of ether oxygens (including phenoxy) is 1. The lowest BCUT2D eigenvalue weighted by atomic mass is 9.98. The fourth-order valence-corrected chi connectivity index (χ4v) is 4.79. The predicted octanol–water partition coefficient (Wildman–Crippen LogP) is 5.20. The number of carboxylic acid groups (broad SMARTS) is 1. The molecule has 0 aliphatic heterocycles. The van der Waals surface area contributed by atoms with Crippen molar-refractivity contribution in [1.82, 2.24) is 4.90 Å².